The van der Waals surface area contributed by atoms with Gasteiger partial charge in [0.15, 0.2) is 0 Å². The summed E-state index contributed by atoms with van der Waals surface area (Å²) in [6.45, 7) is 0.955. The second-order valence-electron chi connectivity index (χ2n) is 1.48. The minimum atomic E-state index is 0.125. The molecule has 1 heterocycles. The highest BCUT2D eigenvalue weighted by molar-refractivity contribution is 4.95. The van der Waals surface area contributed by atoms with E-state index in [4.69, 9.17) is 9.84 Å². The molecule has 0 amide bonds. The third-order valence-corrected chi connectivity index (χ3v) is 0.815. The Kier molecular flexibility index (Phi) is 1.44. The number of epoxide rings is 1. The Hall–Kier alpha value is -0.340. The van der Waals surface area contributed by atoms with E-state index >= 15 is 0 Å². The third-order valence-electron chi connectivity index (χ3n) is 0.815. The van der Waals surface area contributed by atoms with Crippen LogP contribution < -0.4 is 0 Å². The number of aliphatic hydroxyl groups excluding tert-OH is 1. The van der Waals surface area contributed by atoms with E-state index in [0.717, 1.165) is 6.61 Å². The predicted molar refractivity (Wildman–Crippen MR) is 26.0 cm³/mol. The van der Waals surface area contributed by atoms with Crippen molar-refractivity contribution in [2.75, 3.05) is 13.2 Å². The van der Waals surface area contributed by atoms with E-state index in [-0.39, 0.29) is 6.61 Å². The van der Waals surface area contributed by atoms with Crippen LogP contribution in [0.2, 0.25) is 0 Å². The topological polar surface area (TPSA) is 32.8 Å². The summed E-state index contributed by atoms with van der Waals surface area (Å²) in [7, 11) is 0. The van der Waals surface area contributed by atoms with Gasteiger partial charge in [0.1, 0.15) is 0 Å². The Morgan fingerprint density at radius 2 is 2.57 bits per heavy atom. The van der Waals surface area contributed by atoms with E-state index in [1.54, 1.807) is 6.08 Å². The van der Waals surface area contributed by atoms with Crippen LogP contribution in [-0.2, 0) is 4.74 Å². The Bertz CT molecular complexity index is 74.1. The fourth-order valence-corrected chi connectivity index (χ4v) is 0.379. The zero-order valence-electron chi connectivity index (χ0n) is 4.00. The van der Waals surface area contributed by atoms with Crippen molar-refractivity contribution in [1.82, 2.24) is 0 Å². The molecule has 2 nitrogen and oxygen atoms in total. The Balaban J connectivity index is 2.05. The van der Waals surface area contributed by atoms with Gasteiger partial charge in [-0.15, -0.1) is 0 Å². The van der Waals surface area contributed by atoms with Crippen LogP contribution in [0.25, 0.3) is 0 Å². The smallest absolute Gasteiger partial charge is 0.0991 e. The van der Waals surface area contributed by atoms with Gasteiger partial charge in [-0.05, 0) is 0 Å². The maximum absolute atomic E-state index is 8.20. The molecule has 1 fully saturated rings. The highest BCUT2D eigenvalue weighted by Gasteiger charge is 2.17. The molecule has 0 aliphatic carbocycles. The van der Waals surface area contributed by atoms with Gasteiger partial charge in [-0.3, -0.25) is 0 Å². The van der Waals surface area contributed by atoms with Gasteiger partial charge in [0, 0.05) is 0 Å². The fourth-order valence-electron chi connectivity index (χ4n) is 0.379. The number of hydrogen-bond donors (Lipinski definition) is 1. The first-order valence-electron chi connectivity index (χ1n) is 2.32. The lowest BCUT2D eigenvalue weighted by atomic mass is 10.4. The van der Waals surface area contributed by atoms with Crippen molar-refractivity contribution >= 4 is 0 Å². The van der Waals surface area contributed by atoms with Crippen LogP contribution in [-0.4, -0.2) is 24.4 Å². The molecule has 1 saturated heterocycles. The first-order chi connectivity index (χ1) is 3.43. The molecule has 0 aromatic carbocycles. The minimum absolute atomic E-state index is 0.125. The van der Waals surface area contributed by atoms with Crippen LogP contribution in [0.5, 0.6) is 0 Å². The van der Waals surface area contributed by atoms with Crippen LogP contribution in [0.15, 0.2) is 12.2 Å². The zero-order valence-corrected chi connectivity index (χ0v) is 4.00. The van der Waals surface area contributed by atoms with Crippen LogP contribution in [0.4, 0.5) is 0 Å². The molecule has 0 spiro atoms. The van der Waals surface area contributed by atoms with E-state index in [1.165, 1.54) is 0 Å². The average Bonchev–Trinajstić information content (AvgIpc) is 2.42. The molecule has 0 bridgehead atoms. The van der Waals surface area contributed by atoms with E-state index in [0.29, 0.717) is 6.10 Å². The summed E-state index contributed by atoms with van der Waals surface area (Å²) < 4.78 is 4.81. The molecule has 1 aliphatic heterocycles. The summed E-state index contributed by atoms with van der Waals surface area (Å²) in [6.07, 6.45) is 3.87. The SMILES string of the molecule is OCC=C[C@@H]1CO1. The molecule has 40 valence electrons. The highest BCUT2D eigenvalue weighted by atomic mass is 16.6. The van der Waals surface area contributed by atoms with E-state index in [1.807, 2.05) is 6.08 Å². The molecule has 2 heteroatoms. The molecule has 1 aliphatic rings. The van der Waals surface area contributed by atoms with Gasteiger partial charge < -0.3 is 9.84 Å². The van der Waals surface area contributed by atoms with Gasteiger partial charge >= 0.3 is 0 Å². The normalized spacial score (nSPS) is 29.0. The van der Waals surface area contributed by atoms with Crippen molar-refractivity contribution in [1.29, 1.82) is 0 Å². The highest BCUT2D eigenvalue weighted by Crippen LogP contribution is 2.08. The van der Waals surface area contributed by atoms with Crippen molar-refractivity contribution in [3.8, 4) is 0 Å². The summed E-state index contributed by atoms with van der Waals surface area (Å²) in [6, 6.07) is 0. The van der Waals surface area contributed by atoms with E-state index < -0.39 is 0 Å². The third kappa shape index (κ3) is 1.71. The van der Waals surface area contributed by atoms with E-state index in [9.17, 15) is 0 Å². The van der Waals surface area contributed by atoms with Crippen LogP contribution >= 0.6 is 0 Å². The van der Waals surface area contributed by atoms with Gasteiger partial charge in [-0.2, -0.15) is 0 Å². The molecule has 0 saturated carbocycles. The molecule has 1 N–H and O–H groups in total. The van der Waals surface area contributed by atoms with Crippen molar-refractivity contribution < 1.29 is 9.84 Å². The number of aliphatic hydroxyl groups is 1. The van der Waals surface area contributed by atoms with Crippen molar-refractivity contribution in [2.45, 2.75) is 6.10 Å². The lowest BCUT2D eigenvalue weighted by Gasteiger charge is -1.73. The molecule has 0 radical (unpaired) electrons. The lowest BCUT2D eigenvalue weighted by Crippen LogP contribution is -1.76. The number of rotatable bonds is 2. The van der Waals surface area contributed by atoms with Crippen LogP contribution in [0.3, 0.4) is 0 Å². The van der Waals surface area contributed by atoms with Gasteiger partial charge in [0.25, 0.3) is 0 Å². The molecular formula is C5H8O2. The van der Waals surface area contributed by atoms with Crippen molar-refractivity contribution in [3.05, 3.63) is 12.2 Å². The number of hydrogen-bond acceptors (Lipinski definition) is 2. The maximum Gasteiger partial charge on any atom is 0.0991 e. The quantitative estimate of drug-likeness (QED) is 0.389. The second kappa shape index (κ2) is 2.09. The molecule has 0 aromatic rings. The fraction of sp³-hybridized carbons (Fsp3) is 0.600. The summed E-state index contributed by atoms with van der Waals surface area (Å²) >= 11 is 0. The van der Waals surface area contributed by atoms with Gasteiger partial charge in [-0.1, -0.05) is 12.2 Å². The Morgan fingerprint density at radius 1 is 1.86 bits per heavy atom. The van der Waals surface area contributed by atoms with Crippen LogP contribution in [0, 0.1) is 0 Å². The largest absolute Gasteiger partial charge is 0.392 e. The Morgan fingerprint density at radius 3 is 3.00 bits per heavy atom. The minimum Gasteiger partial charge on any atom is -0.392 e. The van der Waals surface area contributed by atoms with Crippen LogP contribution in [0.1, 0.15) is 0 Å². The van der Waals surface area contributed by atoms with Gasteiger partial charge in [-0.25, -0.2) is 0 Å². The van der Waals surface area contributed by atoms with Gasteiger partial charge in [0.2, 0.25) is 0 Å². The van der Waals surface area contributed by atoms with E-state index in [2.05, 4.69) is 0 Å². The summed E-state index contributed by atoms with van der Waals surface area (Å²) in [4.78, 5) is 0. The Labute approximate surface area is 42.4 Å². The second-order valence-corrected chi connectivity index (χ2v) is 1.48. The molecule has 0 aromatic heterocycles. The van der Waals surface area contributed by atoms with Crippen molar-refractivity contribution in [3.63, 3.8) is 0 Å². The first-order valence-corrected chi connectivity index (χ1v) is 2.32. The molecule has 1 rings (SSSR count). The first kappa shape index (κ1) is 4.81. The molecule has 7 heavy (non-hydrogen) atoms. The molecule has 0 unspecified atom stereocenters. The standard InChI is InChI=1S/C5H8O2/c6-3-1-2-5-4-7-5/h1-2,5-6H,3-4H2/t5-/m1/s1. The molecule has 1 atom stereocenters. The lowest BCUT2D eigenvalue weighted by molar-refractivity contribution is 0.341. The van der Waals surface area contributed by atoms with Crippen molar-refractivity contribution in [2.24, 2.45) is 0 Å². The summed E-state index contributed by atoms with van der Waals surface area (Å²) in [5.74, 6) is 0. The summed E-state index contributed by atoms with van der Waals surface area (Å²) in [5.41, 5.74) is 0. The summed E-state index contributed by atoms with van der Waals surface area (Å²) in [5, 5.41) is 8.20. The molecular weight excluding hydrogens is 92.1 g/mol. The average molecular weight is 100 g/mol. The number of ether oxygens (including phenoxy) is 1. The maximum atomic E-state index is 8.20. The predicted octanol–water partition coefficient (Wildman–Crippen LogP) is -0.0663. The van der Waals surface area contributed by atoms with Gasteiger partial charge in [0.05, 0.1) is 19.3 Å². The monoisotopic (exact) mass is 100 g/mol. The zero-order chi connectivity index (χ0) is 5.11.